The maximum Gasteiger partial charge on any atom is 0.358 e. The van der Waals surface area contributed by atoms with Gasteiger partial charge in [0.25, 0.3) is 0 Å². The molecule has 0 spiro atoms. The van der Waals surface area contributed by atoms with Crippen LogP contribution in [-0.2, 0) is 18.4 Å². The maximum atomic E-state index is 11.3. The highest BCUT2D eigenvalue weighted by Gasteiger charge is 2.29. The molecule has 0 amide bonds. The molecule has 0 radical (unpaired) electrons. The molecule has 0 fully saturated rings. The number of aromatic carboxylic acids is 1. The van der Waals surface area contributed by atoms with Gasteiger partial charge in [-0.15, -0.1) is 16.4 Å². The van der Waals surface area contributed by atoms with Crippen LogP contribution < -0.4 is 0 Å². The van der Waals surface area contributed by atoms with Crippen LogP contribution in [0.25, 0.3) is 0 Å². The van der Waals surface area contributed by atoms with Gasteiger partial charge in [-0.1, -0.05) is 32.9 Å². The molecular weight excluding hydrogens is 276 g/mol. The van der Waals surface area contributed by atoms with E-state index in [1.807, 2.05) is 26.2 Å². The molecule has 0 unspecified atom stereocenters. The Labute approximate surface area is 121 Å². The first kappa shape index (κ1) is 14.6. The van der Waals surface area contributed by atoms with Crippen LogP contribution in [0.2, 0.25) is 0 Å². The quantitative estimate of drug-likeness (QED) is 0.936. The van der Waals surface area contributed by atoms with Gasteiger partial charge in [0.1, 0.15) is 0 Å². The minimum absolute atomic E-state index is 0.0171. The van der Waals surface area contributed by atoms with Crippen LogP contribution in [0.5, 0.6) is 0 Å². The summed E-state index contributed by atoms with van der Waals surface area (Å²) in [5.41, 5.74) is 1.18. The summed E-state index contributed by atoms with van der Waals surface area (Å²) in [6.45, 7) is 8.36. The molecular formula is C13H18N4O2S. The molecule has 2 aromatic rings. The van der Waals surface area contributed by atoms with Gasteiger partial charge in [0.05, 0.1) is 22.9 Å². The highest BCUT2D eigenvalue weighted by Crippen LogP contribution is 2.25. The molecule has 1 N–H and O–H groups in total. The molecule has 108 valence electrons. The number of nitrogens with zero attached hydrogens (tertiary/aromatic N) is 4. The predicted octanol–water partition coefficient (Wildman–Crippen LogP) is 2.34. The molecule has 2 heterocycles. The van der Waals surface area contributed by atoms with Crippen LogP contribution in [0.15, 0.2) is 5.38 Å². The van der Waals surface area contributed by atoms with Crippen molar-refractivity contribution in [3.8, 4) is 0 Å². The van der Waals surface area contributed by atoms with Gasteiger partial charge in [0, 0.05) is 10.8 Å². The Bertz CT molecular complexity index is 625. The maximum absolute atomic E-state index is 11.3. The average Bonchev–Trinajstić information content (AvgIpc) is 2.95. The second-order valence-corrected chi connectivity index (χ2v) is 6.53. The molecule has 0 saturated heterocycles. The van der Waals surface area contributed by atoms with Crippen molar-refractivity contribution in [2.45, 2.75) is 46.1 Å². The molecule has 0 saturated carbocycles. The first-order valence-corrected chi connectivity index (χ1v) is 7.31. The summed E-state index contributed by atoms with van der Waals surface area (Å²) in [7, 11) is 0. The zero-order chi connectivity index (χ0) is 14.9. The first-order valence-electron chi connectivity index (χ1n) is 6.43. The lowest BCUT2D eigenvalue weighted by atomic mass is 9.90. The third-order valence-corrected chi connectivity index (χ3v) is 3.90. The Morgan fingerprint density at radius 2 is 2.15 bits per heavy atom. The number of thiazole rings is 1. The van der Waals surface area contributed by atoms with Crippen LogP contribution in [-0.4, -0.2) is 31.1 Å². The number of aryl methyl sites for hydroxylation is 1. The van der Waals surface area contributed by atoms with Crippen molar-refractivity contribution in [3.05, 3.63) is 27.5 Å². The zero-order valence-corrected chi connectivity index (χ0v) is 12.9. The van der Waals surface area contributed by atoms with Crippen molar-refractivity contribution in [1.29, 1.82) is 0 Å². The summed E-state index contributed by atoms with van der Waals surface area (Å²) in [5, 5.41) is 20.0. The largest absolute Gasteiger partial charge is 0.476 e. The summed E-state index contributed by atoms with van der Waals surface area (Å²) in [6, 6.07) is 0. The van der Waals surface area contributed by atoms with Gasteiger partial charge in [-0.2, -0.15) is 0 Å². The molecule has 0 aliphatic rings. The lowest BCUT2D eigenvalue weighted by molar-refractivity contribution is 0.0687. The van der Waals surface area contributed by atoms with Crippen molar-refractivity contribution in [1.82, 2.24) is 20.0 Å². The average molecular weight is 294 g/mol. The minimum atomic E-state index is -1.05. The predicted molar refractivity (Wildman–Crippen MR) is 76.3 cm³/mol. The van der Waals surface area contributed by atoms with E-state index in [2.05, 4.69) is 22.2 Å². The Morgan fingerprint density at radius 1 is 1.45 bits per heavy atom. The van der Waals surface area contributed by atoms with E-state index in [0.717, 1.165) is 17.1 Å². The van der Waals surface area contributed by atoms with Crippen molar-refractivity contribution < 1.29 is 9.90 Å². The fourth-order valence-corrected chi connectivity index (χ4v) is 2.78. The van der Waals surface area contributed by atoms with E-state index in [4.69, 9.17) is 0 Å². The van der Waals surface area contributed by atoms with Crippen LogP contribution in [0.4, 0.5) is 0 Å². The fraction of sp³-hybridized carbons (Fsp3) is 0.538. The van der Waals surface area contributed by atoms with Gasteiger partial charge in [-0.3, -0.25) is 0 Å². The smallest absolute Gasteiger partial charge is 0.358 e. The number of carboxylic acid groups (broad SMARTS) is 1. The number of aromatic nitrogens is 4. The van der Waals surface area contributed by atoms with E-state index in [1.165, 1.54) is 0 Å². The lowest BCUT2D eigenvalue weighted by Gasteiger charge is -2.19. The molecule has 6 nitrogen and oxygen atoms in total. The molecule has 2 aromatic heterocycles. The van der Waals surface area contributed by atoms with Gasteiger partial charge in [-0.25, -0.2) is 14.5 Å². The highest BCUT2D eigenvalue weighted by molar-refractivity contribution is 7.09. The van der Waals surface area contributed by atoms with Gasteiger partial charge in [0.2, 0.25) is 0 Å². The summed E-state index contributed by atoms with van der Waals surface area (Å²) >= 11 is 1.61. The Kier molecular flexibility index (Phi) is 3.89. The lowest BCUT2D eigenvalue weighted by Crippen LogP contribution is -2.22. The molecule has 0 atom stereocenters. The number of hydrogen-bond donors (Lipinski definition) is 1. The van der Waals surface area contributed by atoms with E-state index >= 15 is 0 Å². The topological polar surface area (TPSA) is 80.9 Å². The molecule has 2 rings (SSSR count). The van der Waals surface area contributed by atoms with Gasteiger partial charge >= 0.3 is 5.97 Å². The first-order chi connectivity index (χ1) is 9.32. The van der Waals surface area contributed by atoms with Crippen LogP contribution in [0, 0.1) is 0 Å². The second kappa shape index (κ2) is 5.32. The number of hydrogen-bond acceptors (Lipinski definition) is 5. The molecule has 0 aliphatic carbocycles. The highest BCUT2D eigenvalue weighted by atomic mass is 32.1. The van der Waals surface area contributed by atoms with E-state index in [1.54, 1.807) is 16.0 Å². The molecule has 0 aromatic carbocycles. The fourth-order valence-electron chi connectivity index (χ4n) is 2.05. The summed E-state index contributed by atoms with van der Waals surface area (Å²) in [4.78, 5) is 15.7. The van der Waals surface area contributed by atoms with E-state index < -0.39 is 5.97 Å². The zero-order valence-electron chi connectivity index (χ0n) is 12.0. The summed E-state index contributed by atoms with van der Waals surface area (Å²) in [5.74, 6) is -1.05. The Balaban J connectivity index is 2.39. The Morgan fingerprint density at radius 3 is 2.65 bits per heavy atom. The van der Waals surface area contributed by atoms with Crippen molar-refractivity contribution >= 4 is 17.3 Å². The normalized spacial score (nSPS) is 11.8. The molecule has 0 bridgehead atoms. The van der Waals surface area contributed by atoms with Crippen LogP contribution in [0.3, 0.4) is 0 Å². The second-order valence-electron chi connectivity index (χ2n) is 5.59. The number of carboxylic acids is 1. The van der Waals surface area contributed by atoms with Crippen LogP contribution in [0.1, 0.15) is 54.6 Å². The van der Waals surface area contributed by atoms with E-state index in [9.17, 15) is 9.90 Å². The molecule has 0 aliphatic heterocycles. The van der Waals surface area contributed by atoms with Crippen LogP contribution >= 0.6 is 11.3 Å². The molecule has 20 heavy (non-hydrogen) atoms. The number of rotatable bonds is 4. The Hall–Kier alpha value is -1.76. The van der Waals surface area contributed by atoms with Crippen molar-refractivity contribution in [2.24, 2.45) is 0 Å². The molecule has 7 heteroatoms. The van der Waals surface area contributed by atoms with E-state index in [0.29, 0.717) is 12.2 Å². The van der Waals surface area contributed by atoms with Crippen molar-refractivity contribution in [2.75, 3.05) is 0 Å². The van der Waals surface area contributed by atoms with Gasteiger partial charge < -0.3 is 5.11 Å². The SMILES string of the molecule is CCc1nc(Cn2nnc(C(=O)O)c2C(C)(C)C)cs1. The standard InChI is InChI=1S/C13H18N4O2S/c1-5-9-14-8(7-20-9)6-17-11(13(2,3)4)10(12(18)19)15-16-17/h7H,5-6H2,1-4H3,(H,18,19). The summed E-state index contributed by atoms with van der Waals surface area (Å²) in [6.07, 6.45) is 0.897. The monoisotopic (exact) mass is 294 g/mol. The third kappa shape index (κ3) is 2.87. The van der Waals surface area contributed by atoms with Gasteiger partial charge in [-0.05, 0) is 6.42 Å². The number of carbonyl (C=O) groups is 1. The third-order valence-electron chi connectivity index (χ3n) is 2.86. The minimum Gasteiger partial charge on any atom is -0.476 e. The van der Waals surface area contributed by atoms with E-state index in [-0.39, 0.29) is 11.1 Å². The summed E-state index contributed by atoms with van der Waals surface area (Å²) < 4.78 is 1.64. The van der Waals surface area contributed by atoms with Gasteiger partial charge in [0.15, 0.2) is 5.69 Å². The van der Waals surface area contributed by atoms with Crippen molar-refractivity contribution in [3.63, 3.8) is 0 Å².